The third-order valence-electron chi connectivity index (χ3n) is 2.88. The number of nitrogens with zero attached hydrogens (tertiary/aromatic N) is 1. The second-order valence-corrected chi connectivity index (χ2v) is 4.67. The Balaban J connectivity index is 2.92. The van der Waals surface area contributed by atoms with Crippen molar-refractivity contribution in [3.05, 3.63) is 29.3 Å². The van der Waals surface area contributed by atoms with Gasteiger partial charge in [-0.1, -0.05) is 19.9 Å². The summed E-state index contributed by atoms with van der Waals surface area (Å²) < 4.78 is 0. The summed E-state index contributed by atoms with van der Waals surface area (Å²) >= 11 is 0. The molecule has 3 heteroatoms. The second kappa shape index (κ2) is 6.27. The smallest absolute Gasteiger partial charge is 0.101 e. The van der Waals surface area contributed by atoms with Crippen molar-refractivity contribution in [3.63, 3.8) is 0 Å². The van der Waals surface area contributed by atoms with Gasteiger partial charge in [0.25, 0.3) is 0 Å². The summed E-state index contributed by atoms with van der Waals surface area (Å²) in [4.78, 5) is 0. The van der Waals surface area contributed by atoms with Gasteiger partial charge in [-0.15, -0.1) is 0 Å². The van der Waals surface area contributed by atoms with E-state index in [9.17, 15) is 0 Å². The van der Waals surface area contributed by atoms with Gasteiger partial charge >= 0.3 is 0 Å². The van der Waals surface area contributed by atoms with Crippen LogP contribution in [0.15, 0.2) is 18.2 Å². The van der Waals surface area contributed by atoms with Gasteiger partial charge in [0.15, 0.2) is 0 Å². The maximum atomic E-state index is 9.05. The van der Waals surface area contributed by atoms with Crippen LogP contribution in [0.1, 0.15) is 31.4 Å². The number of hydrogen-bond acceptors (Lipinski definition) is 3. The number of benzene rings is 1. The molecule has 1 unspecified atom stereocenters. The largest absolute Gasteiger partial charge is 0.396 e. The fourth-order valence-corrected chi connectivity index (χ4v) is 1.79. The summed E-state index contributed by atoms with van der Waals surface area (Å²) in [5.74, 6) is 0.411. The van der Waals surface area contributed by atoms with Crippen LogP contribution in [0.2, 0.25) is 0 Å². The molecule has 0 aromatic heterocycles. The molecule has 1 aromatic carbocycles. The van der Waals surface area contributed by atoms with Crippen molar-refractivity contribution in [2.24, 2.45) is 5.92 Å². The first-order chi connectivity index (χ1) is 8.08. The predicted octanol–water partition coefficient (Wildman–Crippen LogP) is 2.69. The summed E-state index contributed by atoms with van der Waals surface area (Å²) in [7, 11) is 0. The summed E-state index contributed by atoms with van der Waals surface area (Å²) in [5.41, 5.74) is 2.64. The quantitative estimate of drug-likeness (QED) is 0.820. The Bertz CT molecular complexity index is 407. The topological polar surface area (TPSA) is 56.0 Å². The second-order valence-electron chi connectivity index (χ2n) is 4.67. The van der Waals surface area contributed by atoms with E-state index in [-0.39, 0.29) is 12.6 Å². The third kappa shape index (κ3) is 3.76. The summed E-state index contributed by atoms with van der Waals surface area (Å²) in [6, 6.07) is 8.11. The molecule has 17 heavy (non-hydrogen) atoms. The highest BCUT2D eigenvalue weighted by atomic mass is 16.3. The number of hydrogen-bond donors (Lipinski definition) is 2. The molecule has 0 saturated carbocycles. The molecule has 0 aliphatic carbocycles. The molecule has 0 amide bonds. The molecule has 0 spiro atoms. The van der Waals surface area contributed by atoms with Crippen molar-refractivity contribution in [1.82, 2.24) is 0 Å². The molecule has 0 radical (unpaired) electrons. The first kappa shape index (κ1) is 13.5. The van der Waals surface area contributed by atoms with E-state index in [0.717, 1.165) is 11.3 Å². The molecule has 0 heterocycles. The van der Waals surface area contributed by atoms with Crippen LogP contribution in [0, 0.1) is 24.2 Å². The maximum Gasteiger partial charge on any atom is 0.101 e. The first-order valence-corrected chi connectivity index (χ1v) is 5.96. The number of rotatable bonds is 5. The lowest BCUT2D eigenvalue weighted by Gasteiger charge is -2.23. The maximum absolute atomic E-state index is 9.05. The van der Waals surface area contributed by atoms with Crippen LogP contribution in [0.5, 0.6) is 0 Å². The van der Waals surface area contributed by atoms with Crippen molar-refractivity contribution in [1.29, 1.82) is 5.26 Å². The summed E-state index contributed by atoms with van der Waals surface area (Å²) in [5, 5.41) is 21.4. The van der Waals surface area contributed by atoms with Gasteiger partial charge in [0, 0.05) is 12.6 Å². The molecule has 0 aliphatic rings. The number of anilines is 1. The highest BCUT2D eigenvalue weighted by molar-refractivity contribution is 5.59. The van der Waals surface area contributed by atoms with Gasteiger partial charge in [-0.05, 0) is 37.0 Å². The van der Waals surface area contributed by atoms with Gasteiger partial charge in [0.2, 0.25) is 0 Å². The number of aliphatic hydroxyl groups is 1. The van der Waals surface area contributed by atoms with Crippen molar-refractivity contribution in [2.75, 3.05) is 11.9 Å². The zero-order valence-electron chi connectivity index (χ0n) is 10.7. The van der Waals surface area contributed by atoms with Crippen molar-refractivity contribution in [3.8, 4) is 6.07 Å². The summed E-state index contributed by atoms with van der Waals surface area (Å²) in [6.45, 7) is 6.37. The van der Waals surface area contributed by atoms with Gasteiger partial charge in [0.05, 0.1) is 11.3 Å². The Hall–Kier alpha value is -1.53. The minimum atomic E-state index is 0.156. The van der Waals surface area contributed by atoms with Crippen LogP contribution >= 0.6 is 0 Å². The average Bonchev–Trinajstić information content (AvgIpc) is 2.28. The van der Waals surface area contributed by atoms with Crippen LogP contribution in [-0.4, -0.2) is 17.8 Å². The Labute approximate surface area is 103 Å². The monoisotopic (exact) mass is 232 g/mol. The summed E-state index contributed by atoms with van der Waals surface area (Å²) in [6.07, 6.45) is 0.691. The van der Waals surface area contributed by atoms with E-state index in [1.165, 1.54) is 0 Å². The molecule has 0 saturated heterocycles. The minimum absolute atomic E-state index is 0.156. The van der Waals surface area contributed by atoms with Crippen molar-refractivity contribution in [2.45, 2.75) is 33.2 Å². The van der Waals surface area contributed by atoms with E-state index in [1.807, 2.05) is 25.1 Å². The number of aryl methyl sites for hydroxylation is 1. The molecule has 0 aliphatic heterocycles. The van der Waals surface area contributed by atoms with E-state index < -0.39 is 0 Å². The number of aliphatic hydroxyl groups excluding tert-OH is 1. The van der Waals surface area contributed by atoms with Crippen LogP contribution in [0.3, 0.4) is 0 Å². The minimum Gasteiger partial charge on any atom is -0.396 e. The SMILES string of the molecule is Cc1ccc(C#N)c(NC(CCO)C(C)C)c1. The van der Waals surface area contributed by atoms with Crippen LogP contribution in [0.25, 0.3) is 0 Å². The number of nitriles is 1. The molecular formula is C14H20N2O. The Morgan fingerprint density at radius 2 is 2.12 bits per heavy atom. The van der Waals surface area contributed by atoms with Crippen molar-refractivity contribution < 1.29 is 5.11 Å². The molecule has 3 nitrogen and oxygen atoms in total. The van der Waals surface area contributed by atoms with Gasteiger partial charge in [-0.2, -0.15) is 5.26 Å². The van der Waals surface area contributed by atoms with Gasteiger partial charge < -0.3 is 10.4 Å². The fourth-order valence-electron chi connectivity index (χ4n) is 1.79. The third-order valence-corrected chi connectivity index (χ3v) is 2.88. The molecular weight excluding hydrogens is 212 g/mol. The first-order valence-electron chi connectivity index (χ1n) is 5.96. The van der Waals surface area contributed by atoms with Crippen LogP contribution in [0.4, 0.5) is 5.69 Å². The zero-order valence-corrected chi connectivity index (χ0v) is 10.7. The van der Waals surface area contributed by atoms with Gasteiger partial charge in [-0.25, -0.2) is 0 Å². The van der Waals surface area contributed by atoms with E-state index in [1.54, 1.807) is 0 Å². The molecule has 2 N–H and O–H groups in total. The predicted molar refractivity (Wildman–Crippen MR) is 69.8 cm³/mol. The van der Waals surface area contributed by atoms with E-state index in [2.05, 4.69) is 25.2 Å². The Morgan fingerprint density at radius 3 is 2.65 bits per heavy atom. The van der Waals surface area contributed by atoms with E-state index >= 15 is 0 Å². The normalized spacial score (nSPS) is 12.2. The molecule has 1 atom stereocenters. The zero-order chi connectivity index (χ0) is 12.8. The lowest BCUT2D eigenvalue weighted by Crippen LogP contribution is -2.27. The molecule has 0 bridgehead atoms. The molecule has 92 valence electrons. The Morgan fingerprint density at radius 1 is 1.41 bits per heavy atom. The lowest BCUT2D eigenvalue weighted by atomic mass is 10.00. The highest BCUT2D eigenvalue weighted by Gasteiger charge is 2.14. The Kier molecular flexibility index (Phi) is 4.99. The van der Waals surface area contributed by atoms with E-state index in [4.69, 9.17) is 10.4 Å². The lowest BCUT2D eigenvalue weighted by molar-refractivity contribution is 0.267. The molecule has 1 aromatic rings. The average molecular weight is 232 g/mol. The fraction of sp³-hybridized carbons (Fsp3) is 0.500. The molecule has 0 fully saturated rings. The van der Waals surface area contributed by atoms with Gasteiger partial charge in [0.1, 0.15) is 6.07 Å². The molecule has 1 rings (SSSR count). The van der Waals surface area contributed by atoms with Crippen LogP contribution in [-0.2, 0) is 0 Å². The van der Waals surface area contributed by atoms with Crippen LogP contribution < -0.4 is 5.32 Å². The van der Waals surface area contributed by atoms with E-state index in [0.29, 0.717) is 17.9 Å². The standard InChI is InChI=1S/C14H20N2O/c1-10(2)13(6-7-17)16-14-8-11(3)4-5-12(14)9-15/h4-5,8,10,13,16-17H,6-7H2,1-3H3. The van der Waals surface area contributed by atoms with Gasteiger partial charge in [-0.3, -0.25) is 0 Å². The van der Waals surface area contributed by atoms with Crippen molar-refractivity contribution >= 4 is 5.69 Å². The highest BCUT2D eigenvalue weighted by Crippen LogP contribution is 2.20. The number of nitrogens with one attached hydrogen (secondary N) is 1.